The standard InChI is InChI=1S/C40H28/c1-2-10-30-20-22-32-12-4-6-14-34(32)24-26-36-16-8-18-40-38(36)28-27-37-35(15-7-17-39(37)40)25-23-33-13-5-3-11-31(33)21-19-29(30)9-1/h1-28H. The molecule has 8 rings (SSSR count). The lowest BCUT2D eigenvalue weighted by Crippen LogP contribution is -1.79. The Morgan fingerprint density at radius 3 is 0.700 bits per heavy atom. The normalized spacial score (nSPS) is 11.0. The van der Waals surface area contributed by atoms with Crippen molar-refractivity contribution in [2.45, 2.75) is 0 Å². The molecule has 0 radical (unpaired) electrons. The van der Waals surface area contributed by atoms with Crippen LogP contribution in [0.5, 0.6) is 0 Å². The molecule has 0 heteroatoms. The van der Waals surface area contributed by atoms with E-state index in [1.165, 1.54) is 64.6 Å². The minimum atomic E-state index is 1.19. The van der Waals surface area contributed by atoms with Gasteiger partial charge in [-0.15, -0.1) is 0 Å². The Bertz CT molecular complexity index is 2060. The summed E-state index contributed by atoms with van der Waals surface area (Å²) in [4.78, 5) is 0. The molecule has 0 saturated heterocycles. The first-order valence-corrected chi connectivity index (χ1v) is 13.8. The van der Waals surface area contributed by atoms with Gasteiger partial charge in [0.1, 0.15) is 0 Å². The molecule has 0 fully saturated rings. The Kier molecular flexibility index (Phi) is 6.28. The van der Waals surface area contributed by atoms with Crippen molar-refractivity contribution in [3.63, 3.8) is 0 Å². The highest BCUT2D eigenvalue weighted by Gasteiger charge is 2.03. The molecule has 0 nitrogen and oxygen atoms in total. The Hall–Kier alpha value is -5.20. The molecular weight excluding hydrogens is 480 g/mol. The van der Waals surface area contributed by atoms with Gasteiger partial charge >= 0.3 is 0 Å². The Morgan fingerprint density at radius 2 is 0.400 bits per heavy atom. The average Bonchev–Trinajstić information content (AvgIpc) is 3.01. The fourth-order valence-electron chi connectivity index (χ4n) is 5.63. The molecule has 0 unspecified atom stereocenters. The molecular formula is C40H28. The molecule has 0 aliphatic heterocycles. The monoisotopic (exact) mass is 508 g/mol. The molecule has 0 atom stereocenters. The zero-order valence-electron chi connectivity index (χ0n) is 22.2. The maximum absolute atomic E-state index is 2.27. The predicted octanol–water partition coefficient (Wildman–Crippen LogP) is 11.4. The van der Waals surface area contributed by atoms with E-state index in [2.05, 4.69) is 170 Å². The van der Waals surface area contributed by atoms with Gasteiger partial charge in [-0.1, -0.05) is 170 Å². The van der Waals surface area contributed by atoms with Crippen molar-refractivity contribution in [3.8, 4) is 0 Å². The fraction of sp³-hybridized carbons (Fsp3) is 0. The van der Waals surface area contributed by atoms with Crippen LogP contribution in [0.25, 0.3) is 64.6 Å². The van der Waals surface area contributed by atoms with Gasteiger partial charge in [0.05, 0.1) is 0 Å². The second-order valence-corrected chi connectivity index (χ2v) is 10.2. The SMILES string of the molecule is c1ccc2ccc3ccccc3ccc3cccc4c3ccc3c(cccc34)ccc3ccccc3ccc2c1. The molecule has 0 amide bonds. The van der Waals surface area contributed by atoms with Gasteiger partial charge in [0, 0.05) is 0 Å². The van der Waals surface area contributed by atoms with E-state index in [4.69, 9.17) is 0 Å². The third kappa shape index (κ3) is 4.61. The van der Waals surface area contributed by atoms with Crippen LogP contribution in [0, 0.1) is 0 Å². The van der Waals surface area contributed by atoms with Crippen LogP contribution in [-0.4, -0.2) is 0 Å². The predicted molar refractivity (Wildman–Crippen MR) is 176 cm³/mol. The number of benzene rings is 6. The summed E-state index contributed by atoms with van der Waals surface area (Å²) >= 11 is 0. The summed E-state index contributed by atoms with van der Waals surface area (Å²) in [7, 11) is 0. The zero-order valence-corrected chi connectivity index (χ0v) is 22.2. The van der Waals surface area contributed by atoms with Gasteiger partial charge in [-0.25, -0.2) is 0 Å². The first-order chi connectivity index (χ1) is 19.8. The van der Waals surface area contributed by atoms with Crippen molar-refractivity contribution in [2.75, 3.05) is 0 Å². The number of hydrogen-bond donors (Lipinski definition) is 0. The van der Waals surface area contributed by atoms with Crippen LogP contribution in [0.3, 0.4) is 0 Å². The summed E-state index contributed by atoms with van der Waals surface area (Å²) in [5.74, 6) is 0. The summed E-state index contributed by atoms with van der Waals surface area (Å²) in [5, 5.41) is 14.7. The molecule has 40 heavy (non-hydrogen) atoms. The van der Waals surface area contributed by atoms with Gasteiger partial charge in [-0.2, -0.15) is 0 Å². The molecule has 0 aliphatic rings. The van der Waals surface area contributed by atoms with Crippen molar-refractivity contribution >= 4 is 64.6 Å². The summed E-state index contributed by atoms with van der Waals surface area (Å²) in [5.41, 5.74) is 0. The number of hydrogen-bond acceptors (Lipinski definition) is 0. The van der Waals surface area contributed by atoms with Crippen molar-refractivity contribution in [1.82, 2.24) is 0 Å². The van der Waals surface area contributed by atoms with E-state index >= 15 is 0 Å². The van der Waals surface area contributed by atoms with Gasteiger partial charge in [0.25, 0.3) is 0 Å². The van der Waals surface area contributed by atoms with Gasteiger partial charge in [-0.05, 0) is 64.6 Å². The minimum Gasteiger partial charge on any atom is -0.0616 e. The Morgan fingerprint density at radius 1 is 0.150 bits per heavy atom. The highest BCUT2D eigenvalue weighted by Crippen LogP contribution is 2.30. The van der Waals surface area contributed by atoms with E-state index in [0.717, 1.165) is 0 Å². The fourth-order valence-corrected chi connectivity index (χ4v) is 5.63. The summed E-state index contributed by atoms with van der Waals surface area (Å²) in [6.45, 7) is 0. The lowest BCUT2D eigenvalue weighted by Gasteiger charge is -2.06. The zero-order chi connectivity index (χ0) is 26.7. The Labute approximate surface area is 234 Å². The minimum absolute atomic E-state index is 1.19. The third-order valence-corrected chi connectivity index (χ3v) is 7.74. The van der Waals surface area contributed by atoms with Crippen LogP contribution in [0.1, 0.15) is 0 Å². The molecule has 0 aromatic heterocycles. The highest BCUT2D eigenvalue weighted by atomic mass is 14.1. The molecule has 6 bridgehead atoms. The summed E-state index contributed by atoms with van der Waals surface area (Å²) < 4.78 is 0. The molecule has 0 heterocycles. The first kappa shape index (κ1) is 23.9. The van der Waals surface area contributed by atoms with E-state index in [-0.39, 0.29) is 0 Å². The molecule has 0 saturated carbocycles. The van der Waals surface area contributed by atoms with Crippen molar-refractivity contribution in [2.24, 2.45) is 0 Å². The number of rotatable bonds is 0. The molecule has 8 aromatic rings. The molecule has 0 N–H and O–H groups in total. The lowest BCUT2D eigenvalue weighted by atomic mass is 9.98. The van der Waals surface area contributed by atoms with Crippen molar-refractivity contribution < 1.29 is 0 Å². The van der Waals surface area contributed by atoms with Gasteiger partial charge in [0.2, 0.25) is 0 Å². The largest absolute Gasteiger partial charge is 0.0616 e. The Balaban J connectivity index is 1.65. The smallest absolute Gasteiger partial charge is 0.00992 e. The van der Waals surface area contributed by atoms with E-state index in [1.807, 2.05) is 0 Å². The average molecular weight is 509 g/mol. The van der Waals surface area contributed by atoms with Gasteiger partial charge < -0.3 is 0 Å². The molecule has 188 valence electrons. The summed E-state index contributed by atoms with van der Waals surface area (Å²) in [6.07, 6.45) is 0. The second kappa shape index (κ2) is 10.5. The summed E-state index contributed by atoms with van der Waals surface area (Å²) in [6, 6.07) is 61.3. The van der Waals surface area contributed by atoms with Crippen molar-refractivity contribution in [3.05, 3.63) is 170 Å². The van der Waals surface area contributed by atoms with E-state index in [1.54, 1.807) is 0 Å². The van der Waals surface area contributed by atoms with Gasteiger partial charge in [0.15, 0.2) is 0 Å². The van der Waals surface area contributed by atoms with Gasteiger partial charge in [-0.3, -0.25) is 0 Å². The molecule has 8 aromatic carbocycles. The maximum Gasteiger partial charge on any atom is -0.00992 e. The van der Waals surface area contributed by atoms with E-state index in [0.29, 0.717) is 0 Å². The number of fused-ring (bicyclic) bond motifs is 5. The lowest BCUT2D eigenvalue weighted by molar-refractivity contribution is 1.77. The van der Waals surface area contributed by atoms with Crippen LogP contribution in [0.15, 0.2) is 170 Å². The van der Waals surface area contributed by atoms with Crippen LogP contribution in [0.4, 0.5) is 0 Å². The van der Waals surface area contributed by atoms with Crippen molar-refractivity contribution in [1.29, 1.82) is 0 Å². The first-order valence-electron chi connectivity index (χ1n) is 13.8. The van der Waals surface area contributed by atoms with E-state index < -0.39 is 0 Å². The van der Waals surface area contributed by atoms with Crippen LogP contribution in [0.2, 0.25) is 0 Å². The highest BCUT2D eigenvalue weighted by molar-refractivity contribution is 6.16. The van der Waals surface area contributed by atoms with Crippen LogP contribution >= 0.6 is 0 Å². The van der Waals surface area contributed by atoms with E-state index in [9.17, 15) is 0 Å². The third-order valence-electron chi connectivity index (χ3n) is 7.74. The quantitative estimate of drug-likeness (QED) is 0.179. The molecule has 0 aliphatic carbocycles. The maximum atomic E-state index is 2.27. The molecule has 0 spiro atoms. The van der Waals surface area contributed by atoms with Crippen LogP contribution in [-0.2, 0) is 0 Å². The topological polar surface area (TPSA) is 0 Å². The second-order valence-electron chi connectivity index (χ2n) is 10.2. The van der Waals surface area contributed by atoms with Crippen LogP contribution < -0.4 is 0 Å².